The van der Waals surface area contributed by atoms with E-state index in [1.54, 1.807) is 37.5 Å². The highest BCUT2D eigenvalue weighted by Gasteiger charge is 2.14. The molecule has 0 amide bonds. The van der Waals surface area contributed by atoms with Crippen LogP contribution in [0.5, 0.6) is 23.0 Å². The number of ether oxygens (including phenoxy) is 4. The molecule has 3 aromatic carbocycles. The van der Waals surface area contributed by atoms with Gasteiger partial charge in [0.1, 0.15) is 31.3 Å². The van der Waals surface area contributed by atoms with Crippen LogP contribution < -0.4 is 18.9 Å². The fraction of sp³-hybridized carbons (Fsp3) is 0.160. The average Bonchev–Trinajstić information content (AvgIpc) is 2.81. The number of allylic oxidation sites excluding steroid dienone is 1. The zero-order chi connectivity index (χ0) is 20.8. The number of benzene rings is 3. The summed E-state index contributed by atoms with van der Waals surface area (Å²) in [6.07, 6.45) is 3.33. The first-order valence-corrected chi connectivity index (χ1v) is 9.70. The number of hydrogen-bond donors (Lipinski definition) is 0. The van der Waals surface area contributed by atoms with Crippen LogP contribution >= 0.6 is 0 Å². The average molecular weight is 402 g/mol. The number of rotatable bonds is 7. The number of para-hydroxylation sites is 1. The largest absolute Gasteiger partial charge is 0.496 e. The second kappa shape index (κ2) is 9.18. The van der Waals surface area contributed by atoms with Gasteiger partial charge in [0.25, 0.3) is 0 Å². The Morgan fingerprint density at radius 2 is 1.77 bits per heavy atom. The third-order valence-electron chi connectivity index (χ3n) is 4.70. The van der Waals surface area contributed by atoms with Crippen molar-refractivity contribution in [1.29, 1.82) is 0 Å². The van der Waals surface area contributed by atoms with E-state index in [0.29, 0.717) is 36.9 Å². The molecule has 0 fully saturated rings. The van der Waals surface area contributed by atoms with Gasteiger partial charge in [-0.3, -0.25) is 4.79 Å². The third-order valence-corrected chi connectivity index (χ3v) is 4.70. The Morgan fingerprint density at radius 1 is 0.967 bits per heavy atom. The first-order chi connectivity index (χ1) is 14.7. The minimum absolute atomic E-state index is 0.107. The Kier molecular flexibility index (Phi) is 5.99. The molecular formula is C25H22O5. The van der Waals surface area contributed by atoms with Crippen LogP contribution in [-0.2, 0) is 6.61 Å². The van der Waals surface area contributed by atoms with Crippen LogP contribution in [-0.4, -0.2) is 26.1 Å². The number of fused-ring (bicyclic) bond motifs is 1. The van der Waals surface area contributed by atoms with Crippen molar-refractivity contribution >= 4 is 11.9 Å². The number of methoxy groups -OCH3 is 1. The van der Waals surface area contributed by atoms with E-state index >= 15 is 0 Å². The maximum Gasteiger partial charge on any atom is 0.185 e. The summed E-state index contributed by atoms with van der Waals surface area (Å²) in [5.74, 6) is 2.69. The molecule has 0 saturated carbocycles. The van der Waals surface area contributed by atoms with Crippen molar-refractivity contribution in [1.82, 2.24) is 0 Å². The topological polar surface area (TPSA) is 54.0 Å². The Bertz CT molecular complexity index is 1060. The van der Waals surface area contributed by atoms with Crippen LogP contribution in [0.1, 0.15) is 21.5 Å². The molecule has 0 aromatic heterocycles. The van der Waals surface area contributed by atoms with E-state index in [-0.39, 0.29) is 5.78 Å². The second-order valence-electron chi connectivity index (χ2n) is 6.73. The van der Waals surface area contributed by atoms with Crippen molar-refractivity contribution < 1.29 is 23.7 Å². The predicted molar refractivity (Wildman–Crippen MR) is 115 cm³/mol. The number of carbonyl (C=O) groups excluding carboxylic acids is 1. The van der Waals surface area contributed by atoms with Crippen molar-refractivity contribution in [2.75, 3.05) is 20.3 Å². The molecule has 0 bridgehead atoms. The van der Waals surface area contributed by atoms with Gasteiger partial charge in [-0.15, -0.1) is 0 Å². The van der Waals surface area contributed by atoms with Crippen LogP contribution in [0.25, 0.3) is 6.08 Å². The van der Waals surface area contributed by atoms with Gasteiger partial charge in [-0.05, 0) is 54.1 Å². The van der Waals surface area contributed by atoms with E-state index in [1.165, 1.54) is 0 Å². The zero-order valence-corrected chi connectivity index (χ0v) is 16.7. The standard InChI is InChI=1S/C25H22O5/c1-27-23-11-8-18(15-20(23)17-30-21-5-3-2-4-6-21)7-10-22(26)19-9-12-24-25(16-19)29-14-13-28-24/h2-12,15-16H,13-14,17H2,1H3/b10-7+. The summed E-state index contributed by atoms with van der Waals surface area (Å²) in [5, 5.41) is 0. The molecule has 0 aliphatic carbocycles. The van der Waals surface area contributed by atoms with Gasteiger partial charge in [-0.25, -0.2) is 0 Å². The Morgan fingerprint density at radius 3 is 2.57 bits per heavy atom. The Hall–Kier alpha value is -3.73. The highest BCUT2D eigenvalue weighted by Crippen LogP contribution is 2.31. The van der Waals surface area contributed by atoms with E-state index < -0.39 is 0 Å². The van der Waals surface area contributed by atoms with Crippen LogP contribution in [0.4, 0.5) is 0 Å². The van der Waals surface area contributed by atoms with E-state index in [9.17, 15) is 4.79 Å². The summed E-state index contributed by atoms with van der Waals surface area (Å²) in [5.41, 5.74) is 2.33. The molecule has 30 heavy (non-hydrogen) atoms. The van der Waals surface area contributed by atoms with Gasteiger partial charge in [0.15, 0.2) is 17.3 Å². The highest BCUT2D eigenvalue weighted by molar-refractivity contribution is 6.07. The number of hydrogen-bond acceptors (Lipinski definition) is 5. The summed E-state index contributed by atoms with van der Waals surface area (Å²) in [6.45, 7) is 1.37. The molecule has 4 rings (SSSR count). The SMILES string of the molecule is COc1ccc(/C=C/C(=O)c2ccc3c(c2)OCCO3)cc1COc1ccccc1. The monoisotopic (exact) mass is 402 g/mol. The quantitative estimate of drug-likeness (QED) is 0.414. The number of carbonyl (C=O) groups is 1. The molecule has 0 unspecified atom stereocenters. The van der Waals surface area contributed by atoms with E-state index in [0.717, 1.165) is 22.6 Å². The van der Waals surface area contributed by atoms with Crippen molar-refractivity contribution in [3.8, 4) is 23.0 Å². The maximum atomic E-state index is 12.6. The molecular weight excluding hydrogens is 380 g/mol. The first kappa shape index (κ1) is 19.6. The van der Waals surface area contributed by atoms with Gasteiger partial charge in [0.2, 0.25) is 0 Å². The predicted octanol–water partition coefficient (Wildman–Crippen LogP) is 4.94. The molecule has 3 aromatic rings. The molecule has 1 aliphatic heterocycles. The van der Waals surface area contributed by atoms with Gasteiger partial charge >= 0.3 is 0 Å². The van der Waals surface area contributed by atoms with E-state index in [1.807, 2.05) is 48.5 Å². The van der Waals surface area contributed by atoms with Gasteiger partial charge in [0, 0.05) is 11.1 Å². The Labute approximate surface area is 175 Å². The van der Waals surface area contributed by atoms with Crippen molar-refractivity contribution in [2.45, 2.75) is 6.61 Å². The normalized spacial score (nSPS) is 12.6. The third kappa shape index (κ3) is 4.63. The minimum atomic E-state index is -0.107. The van der Waals surface area contributed by atoms with Gasteiger partial charge in [-0.2, -0.15) is 0 Å². The summed E-state index contributed by atoms with van der Waals surface area (Å²) >= 11 is 0. The van der Waals surface area contributed by atoms with Gasteiger partial charge in [-0.1, -0.05) is 30.3 Å². The maximum absolute atomic E-state index is 12.6. The van der Waals surface area contributed by atoms with Crippen molar-refractivity contribution in [3.05, 3.63) is 89.5 Å². The van der Waals surface area contributed by atoms with Crippen LogP contribution in [0, 0.1) is 0 Å². The fourth-order valence-electron chi connectivity index (χ4n) is 3.16. The van der Waals surface area contributed by atoms with Gasteiger partial charge < -0.3 is 18.9 Å². The lowest BCUT2D eigenvalue weighted by atomic mass is 10.1. The lowest BCUT2D eigenvalue weighted by molar-refractivity contribution is 0.104. The summed E-state index contributed by atoms with van der Waals surface area (Å²) < 4.78 is 22.3. The Balaban J connectivity index is 1.48. The summed E-state index contributed by atoms with van der Waals surface area (Å²) in [4.78, 5) is 12.6. The lowest BCUT2D eigenvalue weighted by Crippen LogP contribution is -2.15. The first-order valence-electron chi connectivity index (χ1n) is 9.70. The molecule has 0 radical (unpaired) electrons. The van der Waals surface area contributed by atoms with E-state index in [2.05, 4.69) is 0 Å². The molecule has 0 atom stereocenters. The van der Waals surface area contributed by atoms with Gasteiger partial charge in [0.05, 0.1) is 7.11 Å². The van der Waals surface area contributed by atoms with Crippen molar-refractivity contribution in [3.63, 3.8) is 0 Å². The van der Waals surface area contributed by atoms with Crippen LogP contribution in [0.2, 0.25) is 0 Å². The molecule has 5 heteroatoms. The smallest absolute Gasteiger partial charge is 0.185 e. The second-order valence-corrected chi connectivity index (χ2v) is 6.73. The molecule has 1 aliphatic rings. The zero-order valence-electron chi connectivity index (χ0n) is 16.7. The molecule has 5 nitrogen and oxygen atoms in total. The summed E-state index contributed by atoms with van der Waals surface area (Å²) in [7, 11) is 1.63. The van der Waals surface area contributed by atoms with Crippen molar-refractivity contribution in [2.24, 2.45) is 0 Å². The highest BCUT2D eigenvalue weighted by atomic mass is 16.6. The lowest BCUT2D eigenvalue weighted by Gasteiger charge is -2.18. The summed E-state index contributed by atoms with van der Waals surface area (Å²) in [6, 6.07) is 20.6. The van der Waals surface area contributed by atoms with Crippen LogP contribution in [0.3, 0.4) is 0 Å². The molecule has 0 saturated heterocycles. The van der Waals surface area contributed by atoms with E-state index in [4.69, 9.17) is 18.9 Å². The molecule has 0 spiro atoms. The molecule has 0 N–H and O–H groups in total. The molecule has 152 valence electrons. The molecule has 1 heterocycles. The van der Waals surface area contributed by atoms with Crippen LogP contribution in [0.15, 0.2) is 72.8 Å². The fourth-order valence-corrected chi connectivity index (χ4v) is 3.16. The minimum Gasteiger partial charge on any atom is -0.496 e. The number of ketones is 1.